The van der Waals surface area contributed by atoms with Crippen LogP contribution in [0, 0.1) is 0 Å². The van der Waals surface area contributed by atoms with E-state index >= 15 is 0 Å². The number of ether oxygens (including phenoxy) is 1. The lowest BCUT2D eigenvalue weighted by Gasteiger charge is -2.42. The minimum absolute atomic E-state index is 0.0283. The van der Waals surface area contributed by atoms with Crippen molar-refractivity contribution < 1.29 is 4.74 Å². The van der Waals surface area contributed by atoms with Crippen molar-refractivity contribution in [3.8, 4) is 56.0 Å². The van der Waals surface area contributed by atoms with Crippen LogP contribution in [0.25, 0.3) is 44.5 Å². The van der Waals surface area contributed by atoms with Crippen LogP contribution in [-0.4, -0.2) is 6.71 Å². The maximum Gasteiger partial charge on any atom is 0.256 e. The lowest BCUT2D eigenvalue weighted by atomic mass is 9.34. The fourth-order valence-electron chi connectivity index (χ4n) is 13.9. The number of benzene rings is 11. The number of hydrogen-bond donors (Lipinski definition) is 0. The van der Waals surface area contributed by atoms with E-state index in [9.17, 15) is 0 Å². The predicted molar refractivity (Wildman–Crippen MR) is 331 cm³/mol. The van der Waals surface area contributed by atoms with E-state index in [0.717, 1.165) is 22.9 Å². The normalized spacial score (nSPS) is 14.3. The lowest BCUT2D eigenvalue weighted by molar-refractivity contribution is 0.486. The maximum absolute atomic E-state index is 7.56. The second kappa shape index (κ2) is 17.5. The number of fused-ring (bicyclic) bond motifs is 10. The Morgan fingerprint density at radius 3 is 1.56 bits per heavy atom. The molecule has 2 nitrogen and oxygen atoms in total. The molecule has 0 saturated carbocycles. The summed E-state index contributed by atoms with van der Waals surface area (Å²) in [6.45, 7) is 13.8. The second-order valence-corrected chi connectivity index (χ2v) is 24.4. The molecule has 0 saturated heterocycles. The van der Waals surface area contributed by atoms with Gasteiger partial charge in [-0.25, -0.2) is 0 Å². The van der Waals surface area contributed by atoms with E-state index in [4.69, 9.17) is 4.74 Å². The maximum atomic E-state index is 7.56. The number of hydrogen-bond acceptors (Lipinski definition) is 2. The summed E-state index contributed by atoms with van der Waals surface area (Å²) < 4.78 is 7.56. The monoisotopic (exact) mass is 1010 g/mol. The zero-order valence-electron chi connectivity index (χ0n) is 45.7. The van der Waals surface area contributed by atoms with E-state index in [1.54, 1.807) is 0 Å². The van der Waals surface area contributed by atoms with Crippen LogP contribution >= 0.6 is 0 Å². The summed E-state index contributed by atoms with van der Waals surface area (Å²) in [4.78, 5) is 2.57. The predicted octanol–water partition coefficient (Wildman–Crippen LogP) is 17.5. The molecular formula is C76H60BNO. The van der Waals surface area contributed by atoms with E-state index in [0.29, 0.717) is 0 Å². The van der Waals surface area contributed by atoms with Crippen LogP contribution in [0.3, 0.4) is 0 Å². The first-order valence-corrected chi connectivity index (χ1v) is 28.1. The van der Waals surface area contributed by atoms with Gasteiger partial charge in [-0.1, -0.05) is 254 Å². The molecular weight excluding hydrogens is 954 g/mol. The third-order valence-corrected chi connectivity index (χ3v) is 17.8. The van der Waals surface area contributed by atoms with E-state index in [1.807, 2.05) is 0 Å². The summed E-state index contributed by atoms with van der Waals surface area (Å²) in [7, 11) is 0. The van der Waals surface area contributed by atoms with Gasteiger partial charge in [0.2, 0.25) is 0 Å². The lowest BCUT2D eigenvalue weighted by Crippen LogP contribution is -2.59. The number of nitrogens with zero attached hydrogens (tertiary/aromatic N) is 1. The molecule has 0 unspecified atom stereocenters. The second-order valence-electron chi connectivity index (χ2n) is 24.4. The van der Waals surface area contributed by atoms with Gasteiger partial charge in [0.25, 0.3) is 6.71 Å². The molecule has 0 spiro atoms. The van der Waals surface area contributed by atoms with Gasteiger partial charge in [0.15, 0.2) is 0 Å². The Morgan fingerprint density at radius 1 is 0.392 bits per heavy atom. The first-order chi connectivity index (χ1) is 38.4. The van der Waals surface area contributed by atoms with Crippen LogP contribution in [0.15, 0.2) is 249 Å². The molecule has 3 heteroatoms. The molecule has 0 aromatic heterocycles. The van der Waals surface area contributed by atoms with Gasteiger partial charge in [0, 0.05) is 23.0 Å². The van der Waals surface area contributed by atoms with E-state index < -0.39 is 5.41 Å². The van der Waals surface area contributed by atoms with Crippen LogP contribution in [0.1, 0.15) is 97.5 Å². The highest BCUT2D eigenvalue weighted by atomic mass is 16.5. The van der Waals surface area contributed by atoms with E-state index in [-0.39, 0.29) is 23.5 Å². The highest BCUT2D eigenvalue weighted by Gasteiger charge is 2.49. The highest BCUT2D eigenvalue weighted by molar-refractivity contribution is 6.99. The van der Waals surface area contributed by atoms with Crippen molar-refractivity contribution in [2.24, 2.45) is 0 Å². The zero-order chi connectivity index (χ0) is 53.4. The molecule has 0 N–H and O–H groups in total. The minimum Gasteiger partial charge on any atom is -0.458 e. The molecule has 11 aromatic rings. The molecule has 4 aliphatic rings. The molecule has 0 fully saturated rings. The average molecular weight is 1010 g/mol. The SMILES string of the molecule is CC(C)(C)c1cc(-c2ccc3c(c2)B2c4ccc(C5c6ccccc6-c6ccccc65)cc4N(c4ccc(-c5ccccc5)cc4)c4cc(C5(c6ccccc6)c6ccccc6-c6ccccc65)cc(c42)O3)cc(C(C)(C)C)c1. The Bertz CT molecular complexity index is 4130. The Labute approximate surface area is 465 Å². The summed E-state index contributed by atoms with van der Waals surface area (Å²) >= 11 is 0. The van der Waals surface area contributed by atoms with Crippen molar-refractivity contribution in [2.45, 2.75) is 63.7 Å². The van der Waals surface area contributed by atoms with Gasteiger partial charge < -0.3 is 9.64 Å². The summed E-state index contributed by atoms with van der Waals surface area (Å²) in [6, 6.07) is 94.0. The van der Waals surface area contributed by atoms with Crippen LogP contribution in [0.2, 0.25) is 0 Å². The van der Waals surface area contributed by atoms with Gasteiger partial charge in [-0.15, -0.1) is 0 Å². The summed E-state index contributed by atoms with van der Waals surface area (Å²) in [6.07, 6.45) is 0. The molecule has 2 heterocycles. The van der Waals surface area contributed by atoms with Crippen molar-refractivity contribution in [1.82, 2.24) is 0 Å². The van der Waals surface area contributed by atoms with Crippen LogP contribution in [0.5, 0.6) is 11.5 Å². The largest absolute Gasteiger partial charge is 0.458 e. The van der Waals surface area contributed by atoms with Crippen LogP contribution in [-0.2, 0) is 16.2 Å². The van der Waals surface area contributed by atoms with Gasteiger partial charge in [-0.3, -0.25) is 0 Å². The molecule has 0 atom stereocenters. The Morgan fingerprint density at radius 2 is 0.937 bits per heavy atom. The van der Waals surface area contributed by atoms with Crippen LogP contribution < -0.4 is 26.0 Å². The quantitative estimate of drug-likeness (QED) is 0.154. The molecule has 2 aliphatic heterocycles. The zero-order valence-corrected chi connectivity index (χ0v) is 45.7. The number of anilines is 3. The molecule has 11 aromatic carbocycles. The van der Waals surface area contributed by atoms with Gasteiger partial charge in [-0.2, -0.15) is 0 Å². The summed E-state index contributed by atoms with van der Waals surface area (Å²) in [5.41, 5.74) is 27.8. The smallest absolute Gasteiger partial charge is 0.256 e. The molecule has 2 aliphatic carbocycles. The Kier molecular flexibility index (Phi) is 10.5. The minimum atomic E-state index is -0.659. The molecule has 378 valence electrons. The van der Waals surface area contributed by atoms with Crippen molar-refractivity contribution in [1.29, 1.82) is 0 Å². The average Bonchev–Trinajstić information content (AvgIpc) is 3.08. The van der Waals surface area contributed by atoms with Crippen molar-refractivity contribution in [2.75, 3.05) is 4.90 Å². The Balaban J connectivity index is 1.03. The molecule has 79 heavy (non-hydrogen) atoms. The third kappa shape index (κ3) is 7.25. The molecule has 0 amide bonds. The number of rotatable bonds is 6. The summed E-state index contributed by atoms with van der Waals surface area (Å²) in [5.74, 6) is 1.85. The molecule has 15 rings (SSSR count). The topological polar surface area (TPSA) is 12.5 Å². The van der Waals surface area contributed by atoms with Gasteiger partial charge in [-0.05, 0) is 158 Å². The fourth-order valence-corrected chi connectivity index (χ4v) is 13.9. The molecule has 0 radical (unpaired) electrons. The van der Waals surface area contributed by atoms with Crippen molar-refractivity contribution in [3.63, 3.8) is 0 Å². The van der Waals surface area contributed by atoms with Crippen molar-refractivity contribution >= 4 is 40.2 Å². The first kappa shape index (κ1) is 47.3. The Hall–Kier alpha value is -8.92. The molecule has 0 bridgehead atoms. The van der Waals surface area contributed by atoms with Gasteiger partial charge in [0.05, 0.1) is 5.41 Å². The van der Waals surface area contributed by atoms with Crippen LogP contribution in [0.4, 0.5) is 17.1 Å². The highest BCUT2D eigenvalue weighted by Crippen LogP contribution is 2.58. The third-order valence-electron chi connectivity index (χ3n) is 17.8. The standard InChI is InChI=1S/C76H60BNO/c1-74(2,3)54-41-52(42-55(45-54)75(4,5)6)50-36-40-70-67(43-50)77-66-39-35-51(72-62-29-15-13-25-58(62)59-26-14-16-30-63(59)72)44-68(66)78(57-37-33-49(34-38-57)48-21-9-7-10-22-48)69-46-56(47-71(79-70)73(69)77)76(53-23-11-8-12-24-53)64-31-19-17-27-60(64)61-28-18-20-32-65(61)76/h7-47,72H,1-6H3. The first-order valence-electron chi connectivity index (χ1n) is 28.1. The van der Waals surface area contributed by atoms with Crippen molar-refractivity contribution in [3.05, 3.63) is 299 Å². The van der Waals surface area contributed by atoms with E-state index in [2.05, 4.69) is 295 Å². The van der Waals surface area contributed by atoms with E-state index in [1.165, 1.54) is 117 Å². The van der Waals surface area contributed by atoms with Gasteiger partial charge >= 0.3 is 0 Å². The fraction of sp³-hybridized carbons (Fsp3) is 0.132. The van der Waals surface area contributed by atoms with Gasteiger partial charge in [0.1, 0.15) is 11.5 Å². The summed E-state index contributed by atoms with van der Waals surface area (Å²) in [5, 5.41) is 0.